The third-order valence-electron chi connectivity index (χ3n) is 4.52. The number of carbonyl (C=O) groups is 1. The minimum Gasteiger partial charge on any atom is -0.396 e. The second-order valence-electron chi connectivity index (χ2n) is 6.58. The molecule has 0 fully saturated rings. The van der Waals surface area contributed by atoms with E-state index >= 15 is 0 Å². The van der Waals surface area contributed by atoms with Gasteiger partial charge in [-0.15, -0.1) is 0 Å². The molecule has 0 radical (unpaired) electrons. The molecule has 9 heteroatoms. The van der Waals surface area contributed by atoms with Crippen LogP contribution < -0.4 is 16.1 Å². The van der Waals surface area contributed by atoms with E-state index in [9.17, 15) is 4.79 Å². The zero-order valence-corrected chi connectivity index (χ0v) is 18.9. The Morgan fingerprint density at radius 3 is 2.42 bits per heavy atom. The van der Waals surface area contributed by atoms with E-state index in [1.807, 2.05) is 42.5 Å². The molecule has 0 aliphatic rings. The number of hydrazone groups is 1. The van der Waals surface area contributed by atoms with E-state index in [1.165, 1.54) is 11.8 Å². The average molecular weight is 477 g/mol. The van der Waals surface area contributed by atoms with Crippen molar-refractivity contribution in [1.82, 2.24) is 10.4 Å². The molecule has 1 aromatic heterocycles. The quantitative estimate of drug-likeness (QED) is 0.271. The van der Waals surface area contributed by atoms with Crippen molar-refractivity contribution in [3.8, 4) is 0 Å². The Balaban J connectivity index is 1.65. The van der Waals surface area contributed by atoms with Gasteiger partial charge in [0.25, 0.3) is 5.91 Å². The Morgan fingerprint density at radius 1 is 1.10 bits per heavy atom. The first-order valence-corrected chi connectivity index (χ1v) is 10.6. The number of halogens is 3. The molecule has 0 unspecified atom stereocenters. The number of anilines is 2. The monoisotopic (exact) mass is 475 g/mol. The summed E-state index contributed by atoms with van der Waals surface area (Å²) in [6.45, 7) is 3.81. The molecule has 3 aromatic rings. The van der Waals surface area contributed by atoms with E-state index in [4.69, 9.17) is 40.5 Å². The van der Waals surface area contributed by atoms with Gasteiger partial charge >= 0.3 is 0 Å². The smallest absolute Gasteiger partial charge is 0.291 e. The van der Waals surface area contributed by atoms with Gasteiger partial charge in [-0.3, -0.25) is 4.79 Å². The van der Waals surface area contributed by atoms with Crippen molar-refractivity contribution in [2.45, 2.75) is 13.5 Å². The minimum atomic E-state index is -0.650. The van der Waals surface area contributed by atoms with Crippen LogP contribution in [0.5, 0.6) is 0 Å². The molecule has 3 N–H and O–H groups in total. The van der Waals surface area contributed by atoms with Crippen LogP contribution in [0.4, 0.5) is 11.4 Å². The Labute approximate surface area is 195 Å². The van der Waals surface area contributed by atoms with Gasteiger partial charge in [-0.05, 0) is 30.2 Å². The molecule has 0 saturated carbocycles. The van der Waals surface area contributed by atoms with Crippen molar-refractivity contribution >= 4 is 58.3 Å². The SMILES string of the molecule is CCN(Cc1ccccc1)c1ccc(/C=N/NC(=O)c2nc(Cl)c(Cl)c(N)c2Cl)cc1. The molecule has 0 aliphatic carbocycles. The highest BCUT2D eigenvalue weighted by Crippen LogP contribution is 2.34. The summed E-state index contributed by atoms with van der Waals surface area (Å²) in [5.74, 6) is -0.650. The van der Waals surface area contributed by atoms with Crippen LogP contribution in [-0.2, 0) is 6.54 Å². The number of nitrogens with one attached hydrogen (secondary N) is 1. The number of nitrogens with zero attached hydrogens (tertiary/aromatic N) is 3. The van der Waals surface area contributed by atoms with E-state index in [0.717, 1.165) is 24.3 Å². The zero-order valence-electron chi connectivity index (χ0n) is 16.6. The maximum Gasteiger partial charge on any atom is 0.291 e. The number of nitrogens with two attached hydrogens (primary N) is 1. The lowest BCUT2D eigenvalue weighted by atomic mass is 10.1. The molecule has 3 rings (SSSR count). The van der Waals surface area contributed by atoms with Gasteiger partial charge in [0.2, 0.25) is 0 Å². The normalized spacial score (nSPS) is 11.0. The highest BCUT2D eigenvalue weighted by molar-refractivity contribution is 6.46. The van der Waals surface area contributed by atoms with Crippen LogP contribution in [0.3, 0.4) is 0 Å². The summed E-state index contributed by atoms with van der Waals surface area (Å²) in [5, 5.41) is 3.76. The van der Waals surface area contributed by atoms with Crippen LogP contribution in [0.1, 0.15) is 28.5 Å². The van der Waals surface area contributed by atoms with Gasteiger partial charge in [-0.1, -0.05) is 77.3 Å². The van der Waals surface area contributed by atoms with E-state index in [0.29, 0.717) is 0 Å². The number of hydrogen-bond acceptors (Lipinski definition) is 5. The molecular formula is C22H20Cl3N5O. The predicted molar refractivity (Wildman–Crippen MR) is 128 cm³/mol. The van der Waals surface area contributed by atoms with Crippen LogP contribution in [0.2, 0.25) is 15.2 Å². The number of pyridine rings is 1. The number of rotatable bonds is 7. The maximum absolute atomic E-state index is 12.3. The molecule has 6 nitrogen and oxygen atoms in total. The van der Waals surface area contributed by atoms with E-state index < -0.39 is 5.91 Å². The van der Waals surface area contributed by atoms with E-state index in [1.54, 1.807) is 0 Å². The fraction of sp³-hybridized carbons (Fsp3) is 0.136. The van der Waals surface area contributed by atoms with Crippen LogP contribution in [-0.4, -0.2) is 23.7 Å². The molecule has 1 amide bonds. The topological polar surface area (TPSA) is 83.6 Å². The van der Waals surface area contributed by atoms with Crippen LogP contribution in [0, 0.1) is 0 Å². The summed E-state index contributed by atoms with van der Waals surface area (Å²) in [4.78, 5) is 18.4. The lowest BCUT2D eigenvalue weighted by Crippen LogP contribution is -2.22. The Kier molecular flexibility index (Phi) is 7.74. The third-order valence-corrected chi connectivity index (χ3v) is 5.66. The number of carbonyl (C=O) groups excluding carboxylic acids is 1. The van der Waals surface area contributed by atoms with Gasteiger partial charge in [0, 0.05) is 18.8 Å². The number of nitrogen functional groups attached to an aromatic ring is 1. The minimum absolute atomic E-state index is 0.000181. The first kappa shape index (κ1) is 22.9. The second-order valence-corrected chi connectivity index (χ2v) is 7.70. The standard InChI is InChI=1S/C22H20Cl3N5O/c1-2-30(13-15-6-4-3-5-7-15)16-10-8-14(9-11-16)12-27-29-22(31)20-17(23)19(26)18(24)21(25)28-20/h3-12H,2,13H2,1H3,(H2,26,28)(H,29,31)/b27-12+. The Morgan fingerprint density at radius 2 is 1.77 bits per heavy atom. The van der Waals surface area contributed by atoms with Crippen LogP contribution in [0.15, 0.2) is 59.7 Å². The molecule has 0 spiro atoms. The van der Waals surface area contributed by atoms with Gasteiger partial charge in [0.15, 0.2) is 10.8 Å². The zero-order chi connectivity index (χ0) is 22.4. The largest absolute Gasteiger partial charge is 0.396 e. The molecule has 31 heavy (non-hydrogen) atoms. The lowest BCUT2D eigenvalue weighted by Gasteiger charge is -2.23. The van der Waals surface area contributed by atoms with Crippen molar-refractivity contribution in [2.24, 2.45) is 5.10 Å². The van der Waals surface area contributed by atoms with E-state index in [2.05, 4.69) is 39.5 Å². The second kappa shape index (κ2) is 10.5. The van der Waals surface area contributed by atoms with Crippen molar-refractivity contribution in [3.05, 3.63) is 86.6 Å². The van der Waals surface area contributed by atoms with Crippen molar-refractivity contribution in [1.29, 1.82) is 0 Å². The van der Waals surface area contributed by atoms with Crippen LogP contribution in [0.25, 0.3) is 0 Å². The highest BCUT2D eigenvalue weighted by atomic mass is 35.5. The lowest BCUT2D eigenvalue weighted by molar-refractivity contribution is 0.0950. The van der Waals surface area contributed by atoms with Gasteiger partial charge in [-0.25, -0.2) is 10.4 Å². The van der Waals surface area contributed by atoms with Gasteiger partial charge < -0.3 is 10.6 Å². The maximum atomic E-state index is 12.3. The van der Waals surface area contributed by atoms with Crippen molar-refractivity contribution in [2.75, 3.05) is 17.2 Å². The van der Waals surface area contributed by atoms with Crippen molar-refractivity contribution < 1.29 is 4.79 Å². The first-order chi connectivity index (χ1) is 14.9. The summed E-state index contributed by atoms with van der Waals surface area (Å²) in [6.07, 6.45) is 1.52. The van der Waals surface area contributed by atoms with Crippen LogP contribution >= 0.6 is 34.8 Å². The molecule has 0 aliphatic heterocycles. The Bertz CT molecular complexity index is 1090. The number of hydrogen-bond donors (Lipinski definition) is 2. The average Bonchev–Trinajstić information content (AvgIpc) is 2.79. The molecule has 0 bridgehead atoms. The van der Waals surface area contributed by atoms with Gasteiger partial charge in [0.05, 0.1) is 16.9 Å². The summed E-state index contributed by atoms with van der Waals surface area (Å²) in [7, 11) is 0. The summed E-state index contributed by atoms with van der Waals surface area (Å²) >= 11 is 17.8. The van der Waals surface area contributed by atoms with E-state index in [-0.39, 0.29) is 26.6 Å². The first-order valence-electron chi connectivity index (χ1n) is 9.43. The molecule has 2 aromatic carbocycles. The summed E-state index contributed by atoms with van der Waals surface area (Å²) in [5.41, 5.74) is 11.1. The van der Waals surface area contributed by atoms with Crippen molar-refractivity contribution in [3.63, 3.8) is 0 Å². The third kappa shape index (κ3) is 5.67. The molecule has 0 atom stereocenters. The highest BCUT2D eigenvalue weighted by Gasteiger charge is 2.19. The fourth-order valence-electron chi connectivity index (χ4n) is 2.86. The van der Waals surface area contributed by atoms with Gasteiger partial charge in [0.1, 0.15) is 5.02 Å². The molecule has 1 heterocycles. The number of amides is 1. The molecule has 0 saturated heterocycles. The molecule has 160 valence electrons. The fourth-order valence-corrected chi connectivity index (χ4v) is 3.45. The molecular weight excluding hydrogens is 457 g/mol. The Hall–Kier alpha value is -2.80. The number of benzene rings is 2. The van der Waals surface area contributed by atoms with Gasteiger partial charge in [-0.2, -0.15) is 5.10 Å². The predicted octanol–water partition coefficient (Wildman–Crippen LogP) is 5.41. The summed E-state index contributed by atoms with van der Waals surface area (Å²) in [6, 6.07) is 18.1. The summed E-state index contributed by atoms with van der Waals surface area (Å²) < 4.78 is 0. The number of aromatic nitrogens is 1.